The van der Waals surface area contributed by atoms with Crippen LogP contribution < -0.4 is 0 Å². The van der Waals surface area contributed by atoms with Crippen LogP contribution in [0.15, 0.2) is 133 Å². The Morgan fingerprint density at radius 3 is 1.77 bits per heavy atom. The maximum Gasteiger partial charge on any atom is 0.235 e. The molecule has 202 valence electrons. The van der Waals surface area contributed by atoms with Crippen molar-refractivity contribution in [1.82, 2.24) is 18.9 Å². The Morgan fingerprint density at radius 1 is 0.442 bits per heavy atom. The van der Waals surface area contributed by atoms with Gasteiger partial charge in [0.25, 0.3) is 0 Å². The molecule has 4 heteroatoms. The van der Waals surface area contributed by atoms with Crippen LogP contribution in [0.5, 0.6) is 0 Å². The molecule has 0 bridgehead atoms. The molecule has 0 N–H and O–H groups in total. The third-order valence-electron chi connectivity index (χ3n) is 8.84. The van der Waals surface area contributed by atoms with Gasteiger partial charge in [-0.3, -0.25) is 4.57 Å². The lowest BCUT2D eigenvalue weighted by Gasteiger charge is -2.12. The van der Waals surface area contributed by atoms with Crippen molar-refractivity contribution in [2.24, 2.45) is 0 Å². The van der Waals surface area contributed by atoms with Gasteiger partial charge in [0.1, 0.15) is 0 Å². The molecule has 0 aliphatic heterocycles. The van der Waals surface area contributed by atoms with E-state index in [-0.39, 0.29) is 7.43 Å². The summed E-state index contributed by atoms with van der Waals surface area (Å²) < 4.78 is 4.73. The molecule has 10 aromatic rings. The Balaban J connectivity index is 0.00000260. The molecule has 0 saturated carbocycles. The van der Waals surface area contributed by atoms with E-state index in [2.05, 4.69) is 136 Å². The Labute approximate surface area is 247 Å². The zero-order valence-electron chi connectivity index (χ0n) is 23.5. The molecular formula is C39H25N4-. The van der Waals surface area contributed by atoms with Gasteiger partial charge in [-0.25, -0.2) is 9.97 Å². The number of hydrogen-bond acceptors (Lipinski definition) is 2. The van der Waals surface area contributed by atoms with Crippen molar-refractivity contribution in [2.45, 2.75) is 0 Å². The van der Waals surface area contributed by atoms with Crippen LogP contribution in [0.4, 0.5) is 0 Å². The highest BCUT2D eigenvalue weighted by atomic mass is 15.2. The van der Waals surface area contributed by atoms with E-state index in [0.29, 0.717) is 5.95 Å². The molecule has 0 fully saturated rings. The number of hydrogen-bond donors (Lipinski definition) is 0. The van der Waals surface area contributed by atoms with E-state index in [9.17, 15) is 0 Å². The average Bonchev–Trinajstić information content (AvgIpc) is 3.69. The topological polar surface area (TPSA) is 35.1 Å². The summed E-state index contributed by atoms with van der Waals surface area (Å²) in [4.78, 5) is 10.6. The Bertz CT molecular complexity index is 2680. The van der Waals surface area contributed by atoms with E-state index in [4.69, 9.17) is 9.97 Å². The first-order chi connectivity index (χ1) is 20.9. The normalized spacial score (nSPS) is 12.0. The Morgan fingerprint density at radius 2 is 1.00 bits per heavy atom. The summed E-state index contributed by atoms with van der Waals surface area (Å²) in [5, 5.41) is 8.48. The summed E-state index contributed by atoms with van der Waals surface area (Å²) in [6.45, 7) is 0. The van der Waals surface area contributed by atoms with E-state index in [1.165, 1.54) is 48.9 Å². The molecule has 4 nitrogen and oxygen atoms in total. The lowest BCUT2D eigenvalue weighted by atomic mass is 10.0. The monoisotopic (exact) mass is 549 g/mol. The second kappa shape index (κ2) is 8.63. The molecule has 4 heterocycles. The minimum atomic E-state index is 0. The zero-order valence-corrected chi connectivity index (χ0v) is 23.5. The molecule has 0 aliphatic rings. The van der Waals surface area contributed by atoms with Crippen LogP contribution >= 0.6 is 0 Å². The van der Waals surface area contributed by atoms with Gasteiger partial charge >= 0.3 is 0 Å². The smallest absolute Gasteiger partial charge is 0.235 e. The minimum absolute atomic E-state index is 0. The molecule has 10 rings (SSSR count). The highest BCUT2D eigenvalue weighted by molar-refractivity contribution is 6.34. The van der Waals surface area contributed by atoms with Gasteiger partial charge in [-0.2, -0.15) is 0 Å². The quantitative estimate of drug-likeness (QED) is 0.201. The van der Waals surface area contributed by atoms with Crippen LogP contribution in [0, 0.1) is 7.43 Å². The second-order valence-corrected chi connectivity index (χ2v) is 11.0. The van der Waals surface area contributed by atoms with Crippen LogP contribution in [0.3, 0.4) is 0 Å². The van der Waals surface area contributed by atoms with E-state index < -0.39 is 0 Å². The number of aromatic nitrogens is 4. The molecule has 0 saturated heterocycles. The van der Waals surface area contributed by atoms with Gasteiger partial charge in [0.05, 0.1) is 38.8 Å². The van der Waals surface area contributed by atoms with Crippen LogP contribution in [0.2, 0.25) is 0 Å². The van der Waals surface area contributed by atoms with Gasteiger partial charge in [-0.1, -0.05) is 103 Å². The van der Waals surface area contributed by atoms with Gasteiger partial charge in [-0.05, 0) is 30.3 Å². The first kappa shape index (κ1) is 23.9. The number of fused-ring (bicyclic) bond motifs is 11. The predicted octanol–water partition coefficient (Wildman–Crippen LogP) is 9.99. The van der Waals surface area contributed by atoms with Crippen molar-refractivity contribution >= 4 is 70.8 Å². The highest BCUT2D eigenvalue weighted by Crippen LogP contribution is 2.46. The number of benzene rings is 6. The molecule has 43 heavy (non-hydrogen) atoms. The summed E-state index contributed by atoms with van der Waals surface area (Å²) in [7, 11) is 0. The largest absolute Gasteiger partial charge is 0.358 e. The Hall–Kier alpha value is -5.74. The number of para-hydroxylation sites is 4. The van der Waals surface area contributed by atoms with E-state index >= 15 is 0 Å². The zero-order chi connectivity index (χ0) is 27.4. The first-order valence-corrected chi connectivity index (χ1v) is 14.3. The van der Waals surface area contributed by atoms with Crippen LogP contribution in [0.1, 0.15) is 0 Å². The van der Waals surface area contributed by atoms with Crippen LogP contribution in [0.25, 0.3) is 88.0 Å². The predicted molar refractivity (Wildman–Crippen MR) is 180 cm³/mol. The molecule has 0 amide bonds. The first-order valence-electron chi connectivity index (χ1n) is 14.3. The molecule has 0 aliphatic carbocycles. The van der Waals surface area contributed by atoms with Gasteiger partial charge < -0.3 is 11.8 Å². The lowest BCUT2D eigenvalue weighted by molar-refractivity contribution is 1.02. The molecule has 0 unspecified atom stereocenters. The van der Waals surface area contributed by atoms with Crippen LogP contribution in [-0.4, -0.2) is 18.9 Å². The maximum atomic E-state index is 5.33. The van der Waals surface area contributed by atoms with Crippen molar-refractivity contribution in [3.05, 3.63) is 141 Å². The molecular weight excluding hydrogens is 524 g/mol. The van der Waals surface area contributed by atoms with Gasteiger partial charge in [-0.15, -0.1) is 0 Å². The van der Waals surface area contributed by atoms with Gasteiger partial charge in [0.2, 0.25) is 5.95 Å². The average molecular weight is 550 g/mol. The third-order valence-corrected chi connectivity index (χ3v) is 8.84. The van der Waals surface area contributed by atoms with Crippen molar-refractivity contribution in [3.63, 3.8) is 0 Å². The Kier molecular flexibility index (Phi) is 4.80. The standard InChI is InChI=1S/C38H22N4.CH3/c1-2-12-23(13-3-1)35-26-16-4-8-18-30(26)39-38(40-35)42-32-20-10-6-15-25(32)29-22-28-24-14-5-9-19-31(24)41-33-21-11-7-17-27(33)34(36(28)41)37(29)42;/h1-22H;1H3/q;-1. The van der Waals surface area contributed by atoms with Crippen molar-refractivity contribution in [1.29, 1.82) is 0 Å². The van der Waals surface area contributed by atoms with E-state index in [0.717, 1.165) is 33.2 Å². The highest BCUT2D eigenvalue weighted by Gasteiger charge is 2.25. The van der Waals surface area contributed by atoms with Crippen molar-refractivity contribution < 1.29 is 0 Å². The number of rotatable bonds is 2. The summed E-state index contributed by atoms with van der Waals surface area (Å²) in [5.74, 6) is 0.682. The summed E-state index contributed by atoms with van der Waals surface area (Å²) in [6, 6.07) is 47.3. The van der Waals surface area contributed by atoms with E-state index in [1.807, 2.05) is 6.07 Å². The second-order valence-electron chi connectivity index (χ2n) is 11.0. The van der Waals surface area contributed by atoms with Crippen molar-refractivity contribution in [2.75, 3.05) is 0 Å². The SMILES string of the molecule is [CH3-].c1ccc(-c2nc(-n3c4ccccc4c4cc5c6ccccc6n6c7ccccc7c(c43)c56)nc3ccccc23)cc1. The minimum Gasteiger partial charge on any atom is -0.358 e. The van der Waals surface area contributed by atoms with Gasteiger partial charge in [0.15, 0.2) is 0 Å². The summed E-state index contributed by atoms with van der Waals surface area (Å²) >= 11 is 0. The van der Waals surface area contributed by atoms with Crippen LogP contribution in [-0.2, 0) is 0 Å². The maximum absolute atomic E-state index is 5.33. The van der Waals surface area contributed by atoms with Gasteiger partial charge in [0, 0.05) is 43.3 Å². The van der Waals surface area contributed by atoms with E-state index in [1.54, 1.807) is 0 Å². The lowest BCUT2D eigenvalue weighted by Crippen LogP contribution is -2.03. The summed E-state index contributed by atoms with van der Waals surface area (Å²) in [6.07, 6.45) is 0. The fourth-order valence-electron chi connectivity index (χ4n) is 7.14. The molecule has 0 radical (unpaired) electrons. The molecule has 0 atom stereocenters. The number of nitrogens with zero attached hydrogens (tertiary/aromatic N) is 4. The van der Waals surface area contributed by atoms with Crippen molar-refractivity contribution in [3.8, 4) is 17.2 Å². The molecule has 6 aromatic carbocycles. The fraction of sp³-hybridized carbons (Fsp3) is 0. The summed E-state index contributed by atoms with van der Waals surface area (Å²) in [5.41, 5.74) is 8.89. The molecule has 4 aromatic heterocycles. The third kappa shape index (κ3) is 3.04. The molecule has 0 spiro atoms. The fourth-order valence-corrected chi connectivity index (χ4v) is 7.14.